The van der Waals surface area contributed by atoms with Gasteiger partial charge in [0.1, 0.15) is 0 Å². The molecule has 0 unspecified atom stereocenters. The van der Waals surface area contributed by atoms with Crippen molar-refractivity contribution < 1.29 is 4.74 Å². The first-order valence-corrected chi connectivity index (χ1v) is 19.3. The van der Waals surface area contributed by atoms with Gasteiger partial charge in [-0.3, -0.25) is 0 Å². The molecule has 0 aliphatic heterocycles. The Balaban J connectivity index is 3.01. The van der Waals surface area contributed by atoms with E-state index < -0.39 is 0 Å². The van der Waals surface area contributed by atoms with Gasteiger partial charge in [-0.15, -0.1) is 0 Å². The zero-order valence-electron chi connectivity index (χ0n) is 28.4. The van der Waals surface area contributed by atoms with Crippen LogP contribution in [0.4, 0.5) is 0 Å². The molecular weight excluding hydrogens is 484 g/mol. The van der Waals surface area contributed by atoms with E-state index in [1.807, 2.05) is 0 Å². The second-order valence-electron chi connectivity index (χ2n) is 13.1. The molecule has 0 bridgehead atoms. The average molecular weight is 564 g/mol. The molecule has 0 spiro atoms. The van der Waals surface area contributed by atoms with Gasteiger partial charge in [-0.05, 0) is 12.8 Å². The highest BCUT2D eigenvalue weighted by molar-refractivity contribution is 4.55. The maximum atomic E-state index is 5.72. The van der Waals surface area contributed by atoms with Gasteiger partial charge in [0.25, 0.3) is 0 Å². The van der Waals surface area contributed by atoms with E-state index in [1.165, 1.54) is 218 Å². The molecule has 0 saturated carbocycles. The largest absolute Gasteiger partial charge is 0.376 e. The molecule has 0 saturated heterocycles. The molecule has 0 aromatic heterocycles. The second-order valence-corrected chi connectivity index (χ2v) is 13.1. The number of hydrogen-bond donors (Lipinski definition) is 0. The minimum absolute atomic E-state index is 0.940. The molecule has 0 amide bonds. The minimum Gasteiger partial charge on any atom is -0.376 e. The molecule has 1 heteroatoms. The highest BCUT2D eigenvalue weighted by Gasteiger charge is 1.97. The van der Waals surface area contributed by atoms with Crippen LogP contribution in [0.15, 0.2) is 0 Å². The van der Waals surface area contributed by atoms with E-state index in [2.05, 4.69) is 20.5 Å². The highest BCUT2D eigenvalue weighted by atomic mass is 16.5. The van der Waals surface area contributed by atoms with Crippen LogP contribution in [0.1, 0.15) is 239 Å². The van der Waals surface area contributed by atoms with Crippen LogP contribution in [-0.2, 0) is 4.74 Å². The van der Waals surface area contributed by atoms with Gasteiger partial charge in [0.15, 0.2) is 0 Å². The Labute approximate surface area is 256 Å². The molecule has 0 aromatic carbocycles. The summed E-state index contributed by atoms with van der Waals surface area (Å²) >= 11 is 0. The van der Waals surface area contributed by atoms with Crippen molar-refractivity contribution in [3.8, 4) is 0 Å². The summed E-state index contributed by atoms with van der Waals surface area (Å²) in [6.07, 6.45) is 50.2. The van der Waals surface area contributed by atoms with Gasteiger partial charge < -0.3 is 4.74 Å². The highest BCUT2D eigenvalue weighted by Crippen LogP contribution is 2.16. The lowest BCUT2D eigenvalue weighted by Crippen LogP contribution is -1.92. The van der Waals surface area contributed by atoms with Gasteiger partial charge in [-0.1, -0.05) is 226 Å². The maximum Gasteiger partial charge on any atom is 0.0836 e. The first-order valence-electron chi connectivity index (χ1n) is 19.3. The first kappa shape index (κ1) is 40.0. The average Bonchev–Trinajstić information content (AvgIpc) is 2.97. The van der Waals surface area contributed by atoms with Gasteiger partial charge in [-0.25, -0.2) is 0 Å². The molecule has 0 heterocycles. The van der Waals surface area contributed by atoms with Crippen LogP contribution in [0, 0.1) is 6.61 Å². The number of rotatable bonds is 37. The quantitative estimate of drug-likeness (QED) is 0.0683. The molecule has 0 aliphatic carbocycles. The molecule has 1 nitrogen and oxygen atoms in total. The lowest BCUT2D eigenvalue weighted by molar-refractivity contribution is 0.183. The molecule has 0 rings (SSSR count). The Morgan fingerprint density at radius 1 is 0.275 bits per heavy atom. The summed E-state index contributed by atoms with van der Waals surface area (Å²) in [5, 5.41) is 0. The van der Waals surface area contributed by atoms with Crippen molar-refractivity contribution in [1.82, 2.24) is 0 Å². The Morgan fingerprint density at radius 3 is 0.775 bits per heavy atom. The van der Waals surface area contributed by atoms with Crippen molar-refractivity contribution in [1.29, 1.82) is 0 Å². The van der Waals surface area contributed by atoms with Crippen molar-refractivity contribution in [2.45, 2.75) is 239 Å². The summed E-state index contributed by atoms with van der Waals surface area (Å²) < 4.78 is 5.72. The van der Waals surface area contributed by atoms with Crippen LogP contribution in [-0.4, -0.2) is 6.61 Å². The van der Waals surface area contributed by atoms with E-state index in [1.54, 1.807) is 0 Å². The maximum absolute atomic E-state index is 5.72. The Hall–Kier alpha value is -0.0400. The monoisotopic (exact) mass is 564 g/mol. The Bertz CT molecular complexity index is 368. The van der Waals surface area contributed by atoms with Gasteiger partial charge in [-0.2, -0.15) is 0 Å². The predicted molar refractivity (Wildman–Crippen MR) is 183 cm³/mol. The van der Waals surface area contributed by atoms with Gasteiger partial charge in [0.2, 0.25) is 0 Å². The number of unbranched alkanes of at least 4 members (excludes halogenated alkanes) is 33. The van der Waals surface area contributed by atoms with E-state index >= 15 is 0 Å². The smallest absolute Gasteiger partial charge is 0.0836 e. The number of hydrogen-bond acceptors (Lipinski definition) is 1. The molecule has 40 heavy (non-hydrogen) atoms. The molecule has 0 N–H and O–H groups in total. The molecule has 0 aromatic rings. The zero-order valence-corrected chi connectivity index (χ0v) is 28.4. The standard InChI is InChI=1S/C39H79O/c1-3-5-7-9-11-13-14-15-16-17-18-19-20-21-22-23-24-25-26-27-28-29-31-33-35-37-39-40-38-36-34-32-30-12-10-8-6-4-2/h39H,3-38H2,1-2H3. The summed E-state index contributed by atoms with van der Waals surface area (Å²) in [7, 11) is 0. The molecule has 1 radical (unpaired) electrons. The van der Waals surface area contributed by atoms with Crippen LogP contribution < -0.4 is 0 Å². The van der Waals surface area contributed by atoms with Crippen LogP contribution in [0.25, 0.3) is 0 Å². The molecular formula is C39H79O. The minimum atomic E-state index is 0.940. The summed E-state index contributed by atoms with van der Waals surface area (Å²) in [6, 6.07) is 0. The van der Waals surface area contributed by atoms with E-state index in [0.29, 0.717) is 0 Å². The summed E-state index contributed by atoms with van der Waals surface area (Å²) in [4.78, 5) is 0. The fraction of sp³-hybridized carbons (Fsp3) is 0.974. The summed E-state index contributed by atoms with van der Waals surface area (Å²) in [6.45, 7) is 7.63. The second kappa shape index (κ2) is 39.0. The summed E-state index contributed by atoms with van der Waals surface area (Å²) in [5.74, 6) is 0. The van der Waals surface area contributed by atoms with E-state index in [9.17, 15) is 0 Å². The van der Waals surface area contributed by atoms with Crippen LogP contribution in [0.2, 0.25) is 0 Å². The van der Waals surface area contributed by atoms with E-state index in [0.717, 1.165) is 13.0 Å². The fourth-order valence-corrected chi connectivity index (χ4v) is 6.03. The van der Waals surface area contributed by atoms with Crippen molar-refractivity contribution in [3.63, 3.8) is 0 Å². The lowest BCUT2D eigenvalue weighted by atomic mass is 10.0. The van der Waals surface area contributed by atoms with Crippen molar-refractivity contribution in [2.24, 2.45) is 0 Å². The SMILES string of the molecule is CCCCCCCCCCCCCCCCCCCCCCCCCCC[CH]OCCCCCCCCCCC. The van der Waals surface area contributed by atoms with Crippen molar-refractivity contribution in [2.75, 3.05) is 6.61 Å². The van der Waals surface area contributed by atoms with Crippen molar-refractivity contribution >= 4 is 0 Å². The van der Waals surface area contributed by atoms with Gasteiger partial charge in [0, 0.05) is 6.61 Å². The molecule has 241 valence electrons. The van der Waals surface area contributed by atoms with E-state index in [4.69, 9.17) is 4.74 Å². The number of ether oxygens (including phenoxy) is 1. The van der Waals surface area contributed by atoms with Crippen LogP contribution in [0.5, 0.6) is 0 Å². The third-order valence-electron chi connectivity index (χ3n) is 8.91. The zero-order chi connectivity index (χ0) is 28.9. The lowest BCUT2D eigenvalue weighted by Gasteiger charge is -2.05. The Kier molecular flexibility index (Phi) is 38.9. The van der Waals surface area contributed by atoms with E-state index in [-0.39, 0.29) is 0 Å². The molecule has 0 fully saturated rings. The molecule has 0 atom stereocenters. The third-order valence-corrected chi connectivity index (χ3v) is 8.91. The normalized spacial score (nSPS) is 11.6. The topological polar surface area (TPSA) is 9.23 Å². The van der Waals surface area contributed by atoms with Crippen LogP contribution in [0.3, 0.4) is 0 Å². The van der Waals surface area contributed by atoms with Crippen molar-refractivity contribution in [3.05, 3.63) is 6.61 Å². The van der Waals surface area contributed by atoms with Crippen LogP contribution >= 0.6 is 0 Å². The molecule has 0 aliphatic rings. The van der Waals surface area contributed by atoms with Gasteiger partial charge >= 0.3 is 0 Å². The predicted octanol–water partition coefficient (Wildman–Crippen LogP) is 14.9. The first-order chi connectivity index (χ1) is 19.9. The fourth-order valence-electron chi connectivity index (χ4n) is 6.03. The van der Waals surface area contributed by atoms with Gasteiger partial charge in [0.05, 0.1) is 6.61 Å². The Morgan fingerprint density at radius 2 is 0.500 bits per heavy atom. The summed E-state index contributed by atoms with van der Waals surface area (Å²) in [5.41, 5.74) is 0. The third kappa shape index (κ3) is 38.0.